The van der Waals surface area contributed by atoms with Gasteiger partial charge in [-0.1, -0.05) is 0 Å². The predicted molar refractivity (Wildman–Crippen MR) is 66.5 cm³/mol. The van der Waals surface area contributed by atoms with Gasteiger partial charge in [0.2, 0.25) is 11.2 Å². The summed E-state index contributed by atoms with van der Waals surface area (Å²) in [7, 11) is 1.45. The SMILES string of the molecule is CN1C(=O)CC(Nc2nc(Cl)nc3[nH]ncc23)C1=O. The first-order valence-corrected chi connectivity index (χ1v) is 5.87. The van der Waals surface area contributed by atoms with Crippen LogP contribution in [0.5, 0.6) is 0 Å². The van der Waals surface area contributed by atoms with Gasteiger partial charge in [0.15, 0.2) is 5.65 Å². The van der Waals surface area contributed by atoms with Crippen LogP contribution in [0.25, 0.3) is 11.0 Å². The third-order valence-electron chi connectivity index (χ3n) is 2.97. The molecule has 0 bridgehead atoms. The zero-order valence-electron chi connectivity index (χ0n) is 9.85. The summed E-state index contributed by atoms with van der Waals surface area (Å²) >= 11 is 5.79. The predicted octanol–water partition coefficient (Wildman–Crippen LogP) is 0.175. The number of anilines is 1. The van der Waals surface area contributed by atoms with Gasteiger partial charge >= 0.3 is 0 Å². The first kappa shape index (κ1) is 11.8. The monoisotopic (exact) mass is 280 g/mol. The fourth-order valence-corrected chi connectivity index (χ4v) is 2.12. The standard InChI is InChI=1S/C10H9ClN6O2/c1-17-6(18)2-5(9(17)19)13-7-4-3-12-16-8(4)15-10(11)14-7/h3,5H,2H2,1H3,(H2,12,13,14,15,16). The number of imide groups is 1. The lowest BCUT2D eigenvalue weighted by molar-refractivity contribution is -0.136. The number of hydrogen-bond donors (Lipinski definition) is 2. The number of nitrogens with one attached hydrogen (secondary N) is 2. The second kappa shape index (κ2) is 4.16. The van der Waals surface area contributed by atoms with E-state index in [9.17, 15) is 9.59 Å². The first-order valence-electron chi connectivity index (χ1n) is 5.50. The van der Waals surface area contributed by atoms with Crippen molar-refractivity contribution in [3.8, 4) is 0 Å². The van der Waals surface area contributed by atoms with Gasteiger partial charge in [-0.3, -0.25) is 19.6 Å². The number of amides is 2. The summed E-state index contributed by atoms with van der Waals surface area (Å²) < 4.78 is 0. The Balaban J connectivity index is 1.96. The van der Waals surface area contributed by atoms with Gasteiger partial charge in [0.1, 0.15) is 11.9 Å². The number of likely N-dealkylation sites (tertiary alicyclic amines) is 1. The summed E-state index contributed by atoms with van der Waals surface area (Å²) in [6.07, 6.45) is 1.62. The maximum Gasteiger partial charge on any atom is 0.251 e. The van der Waals surface area contributed by atoms with Crippen molar-refractivity contribution in [1.29, 1.82) is 0 Å². The van der Waals surface area contributed by atoms with Crippen LogP contribution >= 0.6 is 11.6 Å². The van der Waals surface area contributed by atoms with Crippen molar-refractivity contribution in [3.63, 3.8) is 0 Å². The first-order chi connectivity index (χ1) is 9.06. The zero-order chi connectivity index (χ0) is 13.6. The van der Waals surface area contributed by atoms with Crippen molar-refractivity contribution in [2.45, 2.75) is 12.5 Å². The third-order valence-corrected chi connectivity index (χ3v) is 3.14. The fourth-order valence-electron chi connectivity index (χ4n) is 1.95. The zero-order valence-corrected chi connectivity index (χ0v) is 10.6. The summed E-state index contributed by atoms with van der Waals surface area (Å²) in [4.78, 5) is 32.3. The van der Waals surface area contributed by atoms with Crippen LogP contribution in [0.15, 0.2) is 6.20 Å². The minimum absolute atomic E-state index is 0.0318. The third kappa shape index (κ3) is 1.89. The van der Waals surface area contributed by atoms with Gasteiger partial charge < -0.3 is 5.32 Å². The molecule has 19 heavy (non-hydrogen) atoms. The Morgan fingerprint density at radius 2 is 2.26 bits per heavy atom. The van der Waals surface area contributed by atoms with E-state index in [0.717, 1.165) is 4.90 Å². The molecule has 0 spiro atoms. The quantitative estimate of drug-likeness (QED) is 0.600. The summed E-state index contributed by atoms with van der Waals surface area (Å²) in [5.41, 5.74) is 0.465. The highest BCUT2D eigenvalue weighted by atomic mass is 35.5. The number of nitrogens with zero attached hydrogens (tertiary/aromatic N) is 4. The number of likely N-dealkylation sites (N-methyl/N-ethyl adjacent to an activating group) is 1. The molecule has 0 aromatic carbocycles. The normalized spacial score (nSPS) is 19.5. The van der Waals surface area contributed by atoms with Crippen LogP contribution in [0, 0.1) is 0 Å². The number of halogens is 1. The molecule has 0 radical (unpaired) electrons. The molecule has 2 aromatic rings. The average molecular weight is 281 g/mol. The van der Waals surface area contributed by atoms with Crippen LogP contribution in [0.4, 0.5) is 5.82 Å². The molecule has 1 aliphatic rings. The Labute approximate surface area is 112 Å². The fraction of sp³-hybridized carbons (Fsp3) is 0.300. The van der Waals surface area contributed by atoms with Crippen molar-refractivity contribution >= 4 is 40.3 Å². The molecule has 3 rings (SSSR count). The Kier molecular flexibility index (Phi) is 2.59. The largest absolute Gasteiger partial charge is 0.357 e. The van der Waals surface area contributed by atoms with E-state index in [1.54, 1.807) is 0 Å². The van der Waals surface area contributed by atoms with E-state index in [-0.39, 0.29) is 23.5 Å². The van der Waals surface area contributed by atoms with Crippen LogP contribution in [0.2, 0.25) is 5.28 Å². The van der Waals surface area contributed by atoms with E-state index in [1.165, 1.54) is 13.2 Å². The van der Waals surface area contributed by atoms with Crippen LogP contribution in [-0.2, 0) is 9.59 Å². The van der Waals surface area contributed by atoms with E-state index in [0.29, 0.717) is 16.9 Å². The van der Waals surface area contributed by atoms with Crippen molar-refractivity contribution in [2.75, 3.05) is 12.4 Å². The van der Waals surface area contributed by atoms with E-state index in [1.807, 2.05) is 0 Å². The highest BCUT2D eigenvalue weighted by Crippen LogP contribution is 2.23. The smallest absolute Gasteiger partial charge is 0.251 e. The van der Waals surface area contributed by atoms with Gasteiger partial charge in [0, 0.05) is 7.05 Å². The Morgan fingerprint density at radius 3 is 2.95 bits per heavy atom. The van der Waals surface area contributed by atoms with E-state index < -0.39 is 6.04 Å². The van der Waals surface area contributed by atoms with Crippen molar-refractivity contribution in [3.05, 3.63) is 11.5 Å². The van der Waals surface area contributed by atoms with Crippen LogP contribution in [0.1, 0.15) is 6.42 Å². The number of aromatic amines is 1. The van der Waals surface area contributed by atoms with Gasteiger partial charge in [-0.05, 0) is 11.6 Å². The van der Waals surface area contributed by atoms with Gasteiger partial charge in [-0.15, -0.1) is 0 Å². The molecule has 0 saturated carbocycles. The molecule has 3 heterocycles. The molecular weight excluding hydrogens is 272 g/mol. The second-order valence-electron chi connectivity index (χ2n) is 4.17. The molecular formula is C10H9ClN6O2. The maximum absolute atomic E-state index is 11.8. The number of hydrogen-bond acceptors (Lipinski definition) is 6. The minimum Gasteiger partial charge on any atom is -0.357 e. The van der Waals surface area contributed by atoms with Crippen LogP contribution in [0.3, 0.4) is 0 Å². The molecule has 9 heteroatoms. The minimum atomic E-state index is -0.637. The molecule has 1 fully saturated rings. The number of carbonyl (C=O) groups excluding carboxylic acids is 2. The summed E-state index contributed by atoms with van der Waals surface area (Å²) in [6, 6.07) is -0.637. The molecule has 1 aliphatic heterocycles. The van der Waals surface area contributed by atoms with Crippen LogP contribution in [-0.4, -0.2) is 50.0 Å². The molecule has 1 atom stereocenters. The topological polar surface area (TPSA) is 104 Å². The molecule has 8 nitrogen and oxygen atoms in total. The Morgan fingerprint density at radius 1 is 1.47 bits per heavy atom. The van der Waals surface area contributed by atoms with Gasteiger partial charge in [-0.25, -0.2) is 0 Å². The van der Waals surface area contributed by atoms with Crippen molar-refractivity contribution in [1.82, 2.24) is 25.1 Å². The lowest BCUT2D eigenvalue weighted by Crippen LogP contribution is -2.32. The summed E-state index contributed by atoms with van der Waals surface area (Å²) in [5, 5.41) is 10.1. The van der Waals surface area contributed by atoms with E-state index in [4.69, 9.17) is 11.6 Å². The summed E-state index contributed by atoms with van der Waals surface area (Å²) in [5.74, 6) is -0.146. The molecule has 0 aliphatic carbocycles. The highest BCUT2D eigenvalue weighted by molar-refractivity contribution is 6.28. The Hall–Kier alpha value is -2.22. The average Bonchev–Trinajstić information content (AvgIpc) is 2.91. The molecule has 2 amide bonds. The highest BCUT2D eigenvalue weighted by Gasteiger charge is 2.36. The number of carbonyl (C=O) groups is 2. The van der Waals surface area contributed by atoms with Gasteiger partial charge in [0.25, 0.3) is 5.91 Å². The van der Waals surface area contributed by atoms with E-state index in [2.05, 4.69) is 25.5 Å². The van der Waals surface area contributed by atoms with E-state index >= 15 is 0 Å². The molecule has 2 aromatic heterocycles. The summed E-state index contributed by atoms with van der Waals surface area (Å²) in [6.45, 7) is 0. The number of aromatic nitrogens is 4. The molecule has 98 valence electrons. The Bertz CT molecular complexity index is 684. The lowest BCUT2D eigenvalue weighted by atomic mass is 10.2. The van der Waals surface area contributed by atoms with Gasteiger partial charge in [-0.2, -0.15) is 15.1 Å². The molecule has 1 unspecified atom stereocenters. The van der Waals surface area contributed by atoms with Crippen molar-refractivity contribution in [2.24, 2.45) is 0 Å². The molecule has 2 N–H and O–H groups in total. The number of rotatable bonds is 2. The molecule has 1 saturated heterocycles. The lowest BCUT2D eigenvalue weighted by Gasteiger charge is -2.12. The number of fused-ring (bicyclic) bond motifs is 1. The maximum atomic E-state index is 11.8. The van der Waals surface area contributed by atoms with Crippen LogP contribution < -0.4 is 5.32 Å². The van der Waals surface area contributed by atoms with Gasteiger partial charge in [0.05, 0.1) is 18.0 Å². The van der Waals surface area contributed by atoms with Crippen molar-refractivity contribution < 1.29 is 9.59 Å². The number of H-pyrrole nitrogens is 1. The second-order valence-corrected chi connectivity index (χ2v) is 4.50.